The van der Waals surface area contributed by atoms with E-state index >= 15 is 0 Å². The molecule has 2 aromatic rings. The van der Waals surface area contributed by atoms with E-state index < -0.39 is 41.2 Å². The van der Waals surface area contributed by atoms with Crippen LogP contribution in [0, 0.1) is 28.6 Å². The summed E-state index contributed by atoms with van der Waals surface area (Å²) in [5.41, 5.74) is 0.747. The first-order valence-corrected chi connectivity index (χ1v) is 17.4. The number of likely N-dealkylation sites (N-methyl/N-ethyl adjacent to an activating group) is 1. The molecule has 4 atom stereocenters. The van der Waals surface area contributed by atoms with Crippen LogP contribution in [0.2, 0.25) is 0 Å². The van der Waals surface area contributed by atoms with Crippen molar-refractivity contribution in [3.63, 3.8) is 0 Å². The van der Waals surface area contributed by atoms with Gasteiger partial charge in [0.25, 0.3) is 5.91 Å². The van der Waals surface area contributed by atoms with E-state index in [2.05, 4.69) is 29.6 Å². The number of hydrogen-bond acceptors (Lipinski definition) is 6. The van der Waals surface area contributed by atoms with Gasteiger partial charge in [-0.1, -0.05) is 44.2 Å². The molecular formula is C36H48F2N6O5. The zero-order valence-electron chi connectivity index (χ0n) is 28.8. The second-order valence-electron chi connectivity index (χ2n) is 15.4. The van der Waals surface area contributed by atoms with E-state index in [0.29, 0.717) is 38.0 Å². The highest BCUT2D eigenvalue weighted by atomic mass is 19.3. The van der Waals surface area contributed by atoms with Crippen molar-refractivity contribution in [1.82, 2.24) is 30.2 Å². The van der Waals surface area contributed by atoms with Crippen LogP contribution in [0.15, 0.2) is 42.7 Å². The molecule has 4 amide bonds. The fourth-order valence-corrected chi connectivity index (χ4v) is 7.75. The lowest BCUT2D eigenvalue weighted by Crippen LogP contribution is -2.65. The van der Waals surface area contributed by atoms with Crippen LogP contribution in [0.1, 0.15) is 68.8 Å². The number of carbonyl (C=O) groups excluding carboxylic acids is 4. The number of aromatic nitrogens is 2. The maximum Gasteiger partial charge on any atom is 0.257 e. The van der Waals surface area contributed by atoms with Gasteiger partial charge in [0.15, 0.2) is 0 Å². The number of hydrogen-bond donors (Lipinski definition) is 2. The van der Waals surface area contributed by atoms with Gasteiger partial charge in [0.05, 0.1) is 30.3 Å². The summed E-state index contributed by atoms with van der Waals surface area (Å²) in [5.74, 6) is -4.42. The Kier molecular flexibility index (Phi) is 9.60. The van der Waals surface area contributed by atoms with Crippen LogP contribution < -0.4 is 10.6 Å². The predicted molar refractivity (Wildman–Crippen MR) is 176 cm³/mol. The molecule has 1 aromatic carbocycles. The normalized spacial score (nSPS) is 24.9. The first kappa shape index (κ1) is 35.0. The van der Waals surface area contributed by atoms with Crippen LogP contribution in [0.25, 0.3) is 0 Å². The van der Waals surface area contributed by atoms with Crippen LogP contribution in [0.3, 0.4) is 0 Å². The van der Waals surface area contributed by atoms with Gasteiger partial charge in [-0.15, -0.1) is 0 Å². The van der Waals surface area contributed by atoms with E-state index in [1.54, 1.807) is 27.6 Å². The molecule has 2 N–H and O–H groups in total. The molecule has 11 nitrogen and oxygen atoms in total. The van der Waals surface area contributed by atoms with Gasteiger partial charge < -0.3 is 25.2 Å². The Balaban J connectivity index is 1.15. The van der Waals surface area contributed by atoms with Crippen molar-refractivity contribution in [2.45, 2.75) is 77.5 Å². The third-order valence-corrected chi connectivity index (χ3v) is 11.2. The van der Waals surface area contributed by atoms with Crippen LogP contribution in [0.5, 0.6) is 0 Å². The molecule has 49 heavy (non-hydrogen) atoms. The van der Waals surface area contributed by atoms with E-state index in [-0.39, 0.29) is 61.6 Å². The fraction of sp³-hybridized carbons (Fsp3) is 0.639. The molecule has 1 spiro atoms. The maximum atomic E-state index is 14.1. The van der Waals surface area contributed by atoms with Crippen LogP contribution in [-0.4, -0.2) is 101 Å². The lowest BCUT2D eigenvalue weighted by molar-refractivity contribution is -0.152. The van der Waals surface area contributed by atoms with E-state index in [0.717, 1.165) is 12.0 Å². The summed E-state index contributed by atoms with van der Waals surface area (Å²) in [6.45, 7) is 7.64. The molecule has 6 rings (SSSR count). The van der Waals surface area contributed by atoms with Crippen LogP contribution in [-0.2, 0) is 25.7 Å². The Morgan fingerprint density at radius 3 is 2.31 bits per heavy atom. The third-order valence-electron chi connectivity index (χ3n) is 11.2. The third kappa shape index (κ3) is 7.51. The summed E-state index contributed by atoms with van der Waals surface area (Å²) in [6, 6.07) is 8.75. The van der Waals surface area contributed by atoms with E-state index in [4.69, 9.17) is 4.74 Å². The first-order chi connectivity index (χ1) is 23.2. The minimum absolute atomic E-state index is 0.0381. The molecule has 3 heterocycles. The van der Waals surface area contributed by atoms with Crippen molar-refractivity contribution >= 4 is 23.6 Å². The second-order valence-corrected chi connectivity index (χ2v) is 15.4. The number of carbonyl (C=O) groups is 4. The lowest BCUT2D eigenvalue weighted by Gasteiger charge is -2.50. The standard InChI is InChI=1S/C36H48F2N6O5/c1-23(49-19-25-10-12-36(37,38)13-11-25)29(31(46)39-4)41-30(45)28-18-42(20-35(28)21-43(22-35)33(48)27-14-34(27,2)3)32(47)26-15-40-44(17-26)16-24-8-6-5-7-9-24/h5-9,15,17,23,25,27-29H,10-14,16,18-22H2,1-4H3,(H,39,46)(H,41,45)/t23-,27-,28+,29+/m1/s1. The van der Waals surface area contributed by atoms with Crippen molar-refractivity contribution in [3.05, 3.63) is 53.9 Å². The number of likely N-dealkylation sites (tertiary alicyclic amines) is 2. The summed E-state index contributed by atoms with van der Waals surface area (Å²) in [7, 11) is 1.47. The average molecular weight is 683 g/mol. The molecule has 0 radical (unpaired) electrons. The molecule has 0 bridgehead atoms. The first-order valence-electron chi connectivity index (χ1n) is 17.4. The SMILES string of the molecule is CNC(=O)[C@@H](NC(=O)[C@@H]1CN(C(=O)c2cnn(Cc3ccccc3)c2)CC12CN(C(=O)[C@H]1CC1(C)C)C2)[C@@H](C)OCC1CCC(F)(F)CC1. The Hall–Kier alpha value is -3.87. The largest absolute Gasteiger partial charge is 0.376 e. The summed E-state index contributed by atoms with van der Waals surface area (Å²) in [5, 5.41) is 9.89. The lowest BCUT2D eigenvalue weighted by atomic mass is 9.70. The average Bonchev–Trinajstić information content (AvgIpc) is 3.36. The molecule has 2 aliphatic carbocycles. The smallest absolute Gasteiger partial charge is 0.257 e. The topological polar surface area (TPSA) is 126 Å². The monoisotopic (exact) mass is 682 g/mol. The minimum Gasteiger partial charge on any atom is -0.376 e. The van der Waals surface area contributed by atoms with E-state index in [9.17, 15) is 28.0 Å². The summed E-state index contributed by atoms with van der Waals surface area (Å²) < 4.78 is 35.0. The van der Waals surface area contributed by atoms with Crippen molar-refractivity contribution in [2.75, 3.05) is 39.8 Å². The van der Waals surface area contributed by atoms with Crippen LogP contribution in [0.4, 0.5) is 8.78 Å². The zero-order valence-corrected chi connectivity index (χ0v) is 28.8. The Labute approximate surface area is 286 Å². The quantitative estimate of drug-likeness (QED) is 0.375. The molecule has 1 aromatic heterocycles. The highest BCUT2D eigenvalue weighted by molar-refractivity contribution is 5.95. The van der Waals surface area contributed by atoms with Gasteiger partial charge in [0.1, 0.15) is 6.04 Å². The van der Waals surface area contributed by atoms with Gasteiger partial charge in [-0.25, -0.2) is 8.78 Å². The number of amides is 4. The molecule has 4 aliphatic rings. The van der Waals surface area contributed by atoms with Gasteiger partial charge in [-0.05, 0) is 43.1 Å². The van der Waals surface area contributed by atoms with Gasteiger partial charge in [-0.2, -0.15) is 5.10 Å². The van der Waals surface area contributed by atoms with Crippen molar-refractivity contribution in [3.8, 4) is 0 Å². The molecule has 2 saturated heterocycles. The van der Waals surface area contributed by atoms with Gasteiger partial charge in [0.2, 0.25) is 23.6 Å². The highest BCUT2D eigenvalue weighted by Gasteiger charge is 2.62. The van der Waals surface area contributed by atoms with E-state index in [1.165, 1.54) is 13.2 Å². The number of alkyl halides is 2. The van der Waals surface area contributed by atoms with E-state index in [1.807, 2.05) is 30.3 Å². The highest BCUT2D eigenvalue weighted by Crippen LogP contribution is 2.54. The predicted octanol–water partition coefficient (Wildman–Crippen LogP) is 3.34. The van der Waals surface area contributed by atoms with Crippen molar-refractivity contribution in [1.29, 1.82) is 0 Å². The molecule has 266 valence electrons. The summed E-state index contributed by atoms with van der Waals surface area (Å²) in [6.07, 6.45) is 3.64. The number of nitrogens with zero attached hydrogens (tertiary/aromatic N) is 4. The number of ether oxygens (including phenoxy) is 1. The van der Waals surface area contributed by atoms with Gasteiger partial charge in [0, 0.05) is 70.2 Å². The molecule has 4 fully saturated rings. The number of rotatable bonds is 11. The molecule has 2 saturated carbocycles. The number of benzene rings is 1. The Bertz CT molecular complexity index is 1550. The van der Waals surface area contributed by atoms with Crippen molar-refractivity contribution < 1.29 is 32.7 Å². The minimum atomic E-state index is -2.65. The van der Waals surface area contributed by atoms with Gasteiger partial charge >= 0.3 is 0 Å². The maximum absolute atomic E-state index is 14.1. The zero-order chi connectivity index (χ0) is 35.1. The summed E-state index contributed by atoms with van der Waals surface area (Å²) in [4.78, 5) is 57.7. The second kappa shape index (κ2) is 13.4. The molecular weight excluding hydrogens is 634 g/mol. The Morgan fingerprint density at radius 1 is 1.02 bits per heavy atom. The van der Waals surface area contributed by atoms with Gasteiger partial charge in [-0.3, -0.25) is 23.9 Å². The molecule has 0 unspecified atom stereocenters. The summed E-state index contributed by atoms with van der Waals surface area (Å²) >= 11 is 0. The number of nitrogens with one attached hydrogen (secondary N) is 2. The van der Waals surface area contributed by atoms with Crippen LogP contribution >= 0.6 is 0 Å². The molecule has 2 aliphatic heterocycles. The fourth-order valence-electron chi connectivity index (χ4n) is 7.75. The number of halogens is 2. The van der Waals surface area contributed by atoms with Crippen molar-refractivity contribution in [2.24, 2.45) is 28.6 Å². The Morgan fingerprint density at radius 2 is 1.67 bits per heavy atom. The molecule has 13 heteroatoms.